The number of anilines is 1. The van der Waals surface area contributed by atoms with E-state index >= 15 is 0 Å². The predicted molar refractivity (Wildman–Crippen MR) is 108 cm³/mol. The first kappa shape index (κ1) is 17.6. The minimum Gasteiger partial charge on any atom is -0.324 e. The van der Waals surface area contributed by atoms with Gasteiger partial charge >= 0.3 is 0 Å². The second-order valence-corrected chi connectivity index (χ2v) is 7.42. The highest BCUT2D eigenvalue weighted by atomic mass is 35.5. The second kappa shape index (κ2) is 7.09. The molecule has 4 rings (SSSR count). The quantitative estimate of drug-likeness (QED) is 0.559. The first-order valence-corrected chi connectivity index (χ1v) is 9.55. The van der Waals surface area contributed by atoms with E-state index in [0.717, 1.165) is 27.3 Å². The SMILES string of the molecule is Cc1nn(C)c2ncc(NC(=O)Cc3csc(-c4ccccc4Cl)n3)cc12. The van der Waals surface area contributed by atoms with Crippen LogP contribution in [0.3, 0.4) is 0 Å². The number of nitrogens with zero attached hydrogens (tertiary/aromatic N) is 4. The monoisotopic (exact) mass is 397 g/mol. The lowest BCUT2D eigenvalue weighted by Gasteiger charge is -2.04. The zero-order chi connectivity index (χ0) is 19.0. The van der Waals surface area contributed by atoms with E-state index < -0.39 is 0 Å². The van der Waals surface area contributed by atoms with Gasteiger partial charge < -0.3 is 5.32 Å². The number of carbonyl (C=O) groups excluding carboxylic acids is 1. The summed E-state index contributed by atoms with van der Waals surface area (Å²) in [6, 6.07) is 9.43. The highest BCUT2D eigenvalue weighted by Gasteiger charge is 2.13. The van der Waals surface area contributed by atoms with Crippen molar-refractivity contribution in [2.75, 3.05) is 5.32 Å². The van der Waals surface area contributed by atoms with Crippen molar-refractivity contribution in [2.45, 2.75) is 13.3 Å². The number of aryl methyl sites for hydroxylation is 2. The van der Waals surface area contributed by atoms with Gasteiger partial charge in [-0.05, 0) is 19.1 Å². The van der Waals surface area contributed by atoms with Crippen LogP contribution in [0.2, 0.25) is 5.02 Å². The van der Waals surface area contributed by atoms with Crippen LogP contribution >= 0.6 is 22.9 Å². The minimum absolute atomic E-state index is 0.145. The van der Waals surface area contributed by atoms with E-state index in [4.69, 9.17) is 11.6 Å². The van der Waals surface area contributed by atoms with Crippen LogP contribution < -0.4 is 5.32 Å². The van der Waals surface area contributed by atoms with Gasteiger partial charge in [0, 0.05) is 23.4 Å². The van der Waals surface area contributed by atoms with Gasteiger partial charge in [-0.25, -0.2) is 9.97 Å². The number of pyridine rings is 1. The van der Waals surface area contributed by atoms with Crippen LogP contribution in [0.1, 0.15) is 11.4 Å². The molecule has 8 heteroatoms. The maximum atomic E-state index is 12.4. The molecule has 3 aromatic heterocycles. The molecular weight excluding hydrogens is 382 g/mol. The lowest BCUT2D eigenvalue weighted by atomic mass is 10.2. The van der Waals surface area contributed by atoms with Crippen molar-refractivity contribution in [3.05, 3.63) is 58.3 Å². The molecule has 0 unspecified atom stereocenters. The smallest absolute Gasteiger partial charge is 0.230 e. The molecule has 4 aromatic rings. The van der Waals surface area contributed by atoms with Gasteiger partial charge in [-0.15, -0.1) is 11.3 Å². The van der Waals surface area contributed by atoms with Gasteiger partial charge in [0.2, 0.25) is 5.91 Å². The maximum absolute atomic E-state index is 12.4. The Kier molecular flexibility index (Phi) is 4.63. The van der Waals surface area contributed by atoms with Crippen LogP contribution in [0.4, 0.5) is 5.69 Å². The summed E-state index contributed by atoms with van der Waals surface area (Å²) in [6.45, 7) is 1.92. The average Bonchev–Trinajstić information content (AvgIpc) is 3.20. The summed E-state index contributed by atoms with van der Waals surface area (Å²) in [7, 11) is 1.85. The first-order valence-electron chi connectivity index (χ1n) is 8.30. The number of halogens is 1. The Morgan fingerprint density at radius 2 is 2.15 bits per heavy atom. The van der Waals surface area contributed by atoms with E-state index in [1.54, 1.807) is 10.9 Å². The Labute approximate surface area is 164 Å². The molecule has 0 fully saturated rings. The summed E-state index contributed by atoms with van der Waals surface area (Å²) in [5, 5.41) is 11.5. The number of fused-ring (bicyclic) bond motifs is 1. The number of aromatic nitrogens is 4. The molecule has 3 heterocycles. The fraction of sp³-hybridized carbons (Fsp3) is 0.158. The maximum Gasteiger partial charge on any atom is 0.230 e. The molecule has 0 aliphatic carbocycles. The van der Waals surface area contributed by atoms with Crippen LogP contribution in [0.25, 0.3) is 21.6 Å². The molecule has 0 radical (unpaired) electrons. The Morgan fingerprint density at radius 3 is 2.96 bits per heavy atom. The molecular formula is C19H16ClN5OS. The normalized spacial score (nSPS) is 11.1. The Bertz CT molecular complexity index is 1150. The standard InChI is InChI=1S/C19H16ClN5OS/c1-11-15-7-12(9-21-18(15)25(2)24-11)22-17(26)8-13-10-27-19(23-13)14-5-3-4-6-16(14)20/h3-7,9-10H,8H2,1-2H3,(H,22,26). The topological polar surface area (TPSA) is 72.7 Å². The van der Waals surface area contributed by atoms with E-state index in [2.05, 4.69) is 20.4 Å². The number of rotatable bonds is 4. The van der Waals surface area contributed by atoms with Gasteiger partial charge in [0.15, 0.2) is 5.65 Å². The molecule has 0 spiro atoms. The molecule has 0 saturated carbocycles. The van der Waals surface area contributed by atoms with E-state index in [1.807, 2.05) is 49.7 Å². The van der Waals surface area contributed by atoms with Crippen LogP contribution in [0.15, 0.2) is 41.9 Å². The molecule has 136 valence electrons. The number of nitrogens with one attached hydrogen (secondary N) is 1. The van der Waals surface area contributed by atoms with Crippen LogP contribution in [0, 0.1) is 6.92 Å². The van der Waals surface area contributed by atoms with Crippen molar-refractivity contribution in [1.82, 2.24) is 19.7 Å². The van der Waals surface area contributed by atoms with Crippen molar-refractivity contribution in [1.29, 1.82) is 0 Å². The zero-order valence-corrected chi connectivity index (χ0v) is 16.3. The van der Waals surface area contributed by atoms with Gasteiger partial charge in [0.1, 0.15) is 5.01 Å². The molecule has 0 bridgehead atoms. The molecule has 6 nitrogen and oxygen atoms in total. The summed E-state index contributed by atoms with van der Waals surface area (Å²) in [6.07, 6.45) is 1.82. The van der Waals surface area contributed by atoms with Crippen molar-refractivity contribution >= 4 is 45.6 Å². The molecule has 0 saturated heterocycles. The fourth-order valence-corrected chi connectivity index (χ4v) is 4.03. The highest BCUT2D eigenvalue weighted by Crippen LogP contribution is 2.30. The van der Waals surface area contributed by atoms with Gasteiger partial charge in [0.25, 0.3) is 0 Å². The Morgan fingerprint density at radius 1 is 1.33 bits per heavy atom. The summed E-state index contributed by atoms with van der Waals surface area (Å²) in [5.41, 5.74) is 3.89. The molecule has 0 aliphatic heterocycles. The molecule has 1 amide bonds. The van der Waals surface area contributed by atoms with Gasteiger partial charge in [-0.1, -0.05) is 29.8 Å². The molecule has 27 heavy (non-hydrogen) atoms. The molecule has 1 aromatic carbocycles. The number of carbonyl (C=O) groups is 1. The van der Waals surface area contributed by atoms with Gasteiger partial charge in [-0.2, -0.15) is 5.10 Å². The third-order valence-corrected chi connectivity index (χ3v) is 5.40. The van der Waals surface area contributed by atoms with E-state index in [-0.39, 0.29) is 12.3 Å². The summed E-state index contributed by atoms with van der Waals surface area (Å²) in [4.78, 5) is 21.3. The van der Waals surface area contributed by atoms with Crippen molar-refractivity contribution < 1.29 is 4.79 Å². The summed E-state index contributed by atoms with van der Waals surface area (Å²) >= 11 is 7.69. The average molecular weight is 398 g/mol. The van der Waals surface area contributed by atoms with Crippen LogP contribution in [-0.4, -0.2) is 25.7 Å². The highest BCUT2D eigenvalue weighted by molar-refractivity contribution is 7.13. The number of hydrogen-bond donors (Lipinski definition) is 1. The molecule has 1 N–H and O–H groups in total. The van der Waals surface area contributed by atoms with Crippen molar-refractivity contribution in [3.8, 4) is 10.6 Å². The fourth-order valence-electron chi connectivity index (χ4n) is 2.89. The number of benzene rings is 1. The summed E-state index contributed by atoms with van der Waals surface area (Å²) < 4.78 is 1.72. The van der Waals surface area contributed by atoms with Crippen molar-refractivity contribution in [2.24, 2.45) is 7.05 Å². The molecule has 0 aliphatic rings. The zero-order valence-electron chi connectivity index (χ0n) is 14.7. The lowest BCUT2D eigenvalue weighted by molar-refractivity contribution is -0.115. The van der Waals surface area contributed by atoms with Crippen LogP contribution in [-0.2, 0) is 18.3 Å². The molecule has 0 atom stereocenters. The minimum atomic E-state index is -0.145. The number of hydrogen-bond acceptors (Lipinski definition) is 5. The van der Waals surface area contributed by atoms with Gasteiger partial charge in [-0.3, -0.25) is 9.48 Å². The van der Waals surface area contributed by atoms with Crippen LogP contribution in [0.5, 0.6) is 0 Å². The Balaban J connectivity index is 1.49. The third-order valence-electron chi connectivity index (χ3n) is 4.14. The van der Waals surface area contributed by atoms with Crippen molar-refractivity contribution in [3.63, 3.8) is 0 Å². The summed E-state index contributed by atoms with van der Waals surface area (Å²) in [5.74, 6) is -0.145. The number of thiazole rings is 1. The predicted octanol–water partition coefficient (Wildman–Crippen LogP) is 4.23. The van der Waals surface area contributed by atoms with E-state index in [9.17, 15) is 4.79 Å². The largest absolute Gasteiger partial charge is 0.324 e. The Hall–Kier alpha value is -2.77. The second-order valence-electron chi connectivity index (χ2n) is 6.15. The third kappa shape index (κ3) is 3.56. The first-order chi connectivity index (χ1) is 13.0. The number of amides is 1. The van der Waals surface area contributed by atoms with E-state index in [0.29, 0.717) is 16.4 Å². The van der Waals surface area contributed by atoms with Gasteiger partial charge in [0.05, 0.1) is 34.7 Å². The lowest BCUT2D eigenvalue weighted by Crippen LogP contribution is -2.14. The van der Waals surface area contributed by atoms with E-state index in [1.165, 1.54) is 11.3 Å².